The van der Waals surface area contributed by atoms with Crippen molar-refractivity contribution in [2.45, 2.75) is 12.8 Å². The van der Waals surface area contributed by atoms with Crippen LogP contribution in [0.5, 0.6) is 0 Å². The monoisotopic (exact) mass is 203 g/mol. The molecule has 0 aliphatic carbocycles. The van der Waals surface area contributed by atoms with Gasteiger partial charge in [0.05, 0.1) is 5.92 Å². The Morgan fingerprint density at radius 1 is 1.69 bits per heavy atom. The van der Waals surface area contributed by atoms with E-state index in [-0.39, 0.29) is 5.92 Å². The number of thioether (sulfide) groups is 1. The maximum absolute atomic E-state index is 10.7. The van der Waals surface area contributed by atoms with Crippen LogP contribution in [0.3, 0.4) is 0 Å². The van der Waals surface area contributed by atoms with E-state index in [1.54, 1.807) is 0 Å². The Bertz CT molecular complexity index is 175. The van der Waals surface area contributed by atoms with Crippen molar-refractivity contribution in [1.29, 1.82) is 0 Å². The van der Waals surface area contributed by atoms with E-state index in [9.17, 15) is 4.79 Å². The minimum absolute atomic E-state index is 0.129. The number of carboxylic acid groups (broad SMARTS) is 1. The van der Waals surface area contributed by atoms with E-state index in [4.69, 9.17) is 5.11 Å². The number of carboxylic acids is 1. The quantitative estimate of drug-likeness (QED) is 0.744. The van der Waals surface area contributed by atoms with Gasteiger partial charge in [-0.25, -0.2) is 0 Å². The highest BCUT2D eigenvalue weighted by Crippen LogP contribution is 2.16. The third kappa shape index (κ3) is 3.56. The summed E-state index contributed by atoms with van der Waals surface area (Å²) in [5.74, 6) is 0.344. The van der Waals surface area contributed by atoms with Crippen LogP contribution >= 0.6 is 11.8 Å². The van der Waals surface area contributed by atoms with Crippen LogP contribution in [-0.2, 0) is 4.79 Å². The zero-order valence-electron chi connectivity index (χ0n) is 8.03. The van der Waals surface area contributed by atoms with Crippen molar-refractivity contribution in [1.82, 2.24) is 4.90 Å². The molecule has 1 atom stereocenters. The van der Waals surface area contributed by atoms with Crippen LogP contribution < -0.4 is 0 Å². The molecule has 0 aromatic rings. The van der Waals surface area contributed by atoms with Crippen molar-refractivity contribution < 1.29 is 9.90 Å². The van der Waals surface area contributed by atoms with Gasteiger partial charge in [0, 0.05) is 18.8 Å². The predicted molar refractivity (Wildman–Crippen MR) is 55.2 cm³/mol. The second-order valence-corrected chi connectivity index (χ2v) is 4.46. The smallest absolute Gasteiger partial charge is 0.307 e. The Hall–Kier alpha value is -0.220. The van der Waals surface area contributed by atoms with Crippen LogP contribution in [0.4, 0.5) is 0 Å². The lowest BCUT2D eigenvalue weighted by atomic mass is 9.98. The maximum Gasteiger partial charge on any atom is 0.307 e. The van der Waals surface area contributed by atoms with Gasteiger partial charge in [0.1, 0.15) is 0 Å². The number of nitrogens with zero attached hydrogens (tertiary/aromatic N) is 1. The molecular formula is C9H17NO2S. The van der Waals surface area contributed by atoms with Crippen LogP contribution in [0.2, 0.25) is 0 Å². The van der Waals surface area contributed by atoms with E-state index in [1.807, 2.05) is 11.8 Å². The molecule has 1 unspecified atom stereocenters. The first-order valence-electron chi connectivity index (χ1n) is 4.68. The summed E-state index contributed by atoms with van der Waals surface area (Å²) < 4.78 is 0. The number of hydrogen-bond acceptors (Lipinski definition) is 3. The van der Waals surface area contributed by atoms with Gasteiger partial charge in [-0.3, -0.25) is 4.79 Å². The van der Waals surface area contributed by atoms with E-state index in [0.717, 1.165) is 38.2 Å². The third-order valence-corrected chi connectivity index (χ3v) is 3.06. The normalized spacial score (nSPS) is 24.5. The molecule has 0 radical (unpaired) electrons. The molecule has 0 aromatic heterocycles. The van der Waals surface area contributed by atoms with Crippen LogP contribution in [0.1, 0.15) is 12.8 Å². The summed E-state index contributed by atoms with van der Waals surface area (Å²) in [6, 6.07) is 0. The summed E-state index contributed by atoms with van der Waals surface area (Å²) in [6.07, 6.45) is 3.97. The van der Waals surface area contributed by atoms with Crippen molar-refractivity contribution in [2.75, 3.05) is 31.6 Å². The lowest BCUT2D eigenvalue weighted by Gasteiger charge is -2.30. The molecule has 13 heavy (non-hydrogen) atoms. The average Bonchev–Trinajstić information content (AvgIpc) is 2.15. The summed E-state index contributed by atoms with van der Waals surface area (Å²) in [4.78, 5) is 13.0. The molecule has 1 aliphatic rings. The van der Waals surface area contributed by atoms with Gasteiger partial charge in [-0.2, -0.15) is 11.8 Å². The Morgan fingerprint density at radius 2 is 2.46 bits per heavy atom. The lowest BCUT2D eigenvalue weighted by Crippen LogP contribution is -2.39. The lowest BCUT2D eigenvalue weighted by molar-refractivity contribution is -0.143. The van der Waals surface area contributed by atoms with E-state index >= 15 is 0 Å². The van der Waals surface area contributed by atoms with Gasteiger partial charge in [0.2, 0.25) is 0 Å². The minimum Gasteiger partial charge on any atom is -0.481 e. The molecule has 0 amide bonds. The molecule has 1 N–H and O–H groups in total. The minimum atomic E-state index is -0.631. The van der Waals surface area contributed by atoms with Gasteiger partial charge in [-0.1, -0.05) is 0 Å². The standard InChI is InChI=1S/C9H17NO2S/c1-13-6-5-10-4-2-3-8(7-10)9(11)12/h8H,2-7H2,1H3,(H,11,12). The van der Waals surface area contributed by atoms with Crippen molar-refractivity contribution in [3.8, 4) is 0 Å². The van der Waals surface area contributed by atoms with Crippen LogP contribution in [0, 0.1) is 5.92 Å². The highest BCUT2D eigenvalue weighted by molar-refractivity contribution is 7.98. The zero-order valence-corrected chi connectivity index (χ0v) is 8.85. The molecule has 0 bridgehead atoms. The summed E-state index contributed by atoms with van der Waals surface area (Å²) in [6.45, 7) is 2.85. The molecule has 0 saturated carbocycles. The molecule has 0 spiro atoms. The number of piperidine rings is 1. The Morgan fingerprint density at radius 3 is 3.08 bits per heavy atom. The highest BCUT2D eigenvalue weighted by atomic mass is 32.2. The summed E-state index contributed by atoms with van der Waals surface area (Å²) in [5.41, 5.74) is 0. The molecular weight excluding hydrogens is 186 g/mol. The van der Waals surface area contributed by atoms with Crippen molar-refractivity contribution in [2.24, 2.45) is 5.92 Å². The molecule has 1 aliphatic heterocycles. The molecule has 3 nitrogen and oxygen atoms in total. The van der Waals surface area contributed by atoms with E-state index in [2.05, 4.69) is 11.2 Å². The number of hydrogen-bond donors (Lipinski definition) is 1. The predicted octanol–water partition coefficient (Wildman–Crippen LogP) is 1.15. The second-order valence-electron chi connectivity index (χ2n) is 3.47. The molecule has 0 aromatic carbocycles. The summed E-state index contributed by atoms with van der Waals surface area (Å²) in [7, 11) is 0. The zero-order chi connectivity index (χ0) is 9.68. The molecule has 1 rings (SSSR count). The van der Waals surface area contributed by atoms with Crippen LogP contribution in [0.15, 0.2) is 0 Å². The summed E-state index contributed by atoms with van der Waals surface area (Å²) >= 11 is 1.82. The number of likely N-dealkylation sites (tertiary alicyclic amines) is 1. The van der Waals surface area contributed by atoms with Gasteiger partial charge in [0.15, 0.2) is 0 Å². The average molecular weight is 203 g/mol. The first-order valence-corrected chi connectivity index (χ1v) is 6.07. The Kier molecular flexibility index (Phi) is 4.59. The first-order chi connectivity index (χ1) is 6.24. The third-order valence-electron chi connectivity index (χ3n) is 2.47. The fourth-order valence-electron chi connectivity index (χ4n) is 1.68. The molecule has 1 saturated heterocycles. The van der Waals surface area contributed by atoms with E-state index in [1.165, 1.54) is 0 Å². The van der Waals surface area contributed by atoms with Gasteiger partial charge in [-0.05, 0) is 25.6 Å². The Balaban J connectivity index is 2.29. The van der Waals surface area contributed by atoms with Crippen LogP contribution in [-0.4, -0.2) is 47.6 Å². The van der Waals surface area contributed by atoms with Gasteiger partial charge in [0.25, 0.3) is 0 Å². The molecule has 1 heterocycles. The van der Waals surface area contributed by atoms with Crippen molar-refractivity contribution in [3.05, 3.63) is 0 Å². The maximum atomic E-state index is 10.7. The van der Waals surface area contributed by atoms with Crippen LogP contribution in [0.25, 0.3) is 0 Å². The van der Waals surface area contributed by atoms with E-state index < -0.39 is 5.97 Å². The largest absolute Gasteiger partial charge is 0.481 e. The molecule has 4 heteroatoms. The number of rotatable bonds is 4. The SMILES string of the molecule is CSCCN1CCCC(C(=O)O)C1. The molecule has 1 fully saturated rings. The van der Waals surface area contributed by atoms with Gasteiger partial charge >= 0.3 is 5.97 Å². The highest BCUT2D eigenvalue weighted by Gasteiger charge is 2.24. The molecule has 76 valence electrons. The summed E-state index contributed by atoms with van der Waals surface area (Å²) in [5, 5.41) is 8.85. The fraction of sp³-hybridized carbons (Fsp3) is 0.889. The first kappa shape index (κ1) is 10.9. The fourth-order valence-corrected chi connectivity index (χ4v) is 2.12. The Labute approximate surface area is 83.5 Å². The van der Waals surface area contributed by atoms with E-state index in [0.29, 0.717) is 0 Å². The van der Waals surface area contributed by atoms with Crippen molar-refractivity contribution >= 4 is 17.7 Å². The van der Waals surface area contributed by atoms with Crippen molar-refractivity contribution in [3.63, 3.8) is 0 Å². The topological polar surface area (TPSA) is 40.5 Å². The number of carbonyl (C=O) groups is 1. The van der Waals surface area contributed by atoms with Gasteiger partial charge < -0.3 is 10.0 Å². The number of aliphatic carboxylic acids is 1. The second kappa shape index (κ2) is 5.50. The van der Waals surface area contributed by atoms with Gasteiger partial charge in [-0.15, -0.1) is 0 Å².